The number of hydrogen-bond acceptors (Lipinski definition) is 2. The molecule has 0 spiro atoms. The van der Waals surface area contributed by atoms with Crippen molar-refractivity contribution < 1.29 is 0 Å². The highest BCUT2D eigenvalue weighted by atomic mass is 15.1. The molecule has 2 heterocycles. The Morgan fingerprint density at radius 1 is 0.224 bits per heavy atom. The molecule has 7 rings (SSSR count). The first-order valence-electron chi connectivity index (χ1n) is 28.3. The SMILES string of the molecule is CN1C(c2cc(C(C)(C)C)cc(C(C)(C)C)c2)=CC(=c2ccc(=C3C=C(c4cc(C(C)(C)C)cc(C(C)(C)C)c4)N(C)C(c4cc(C(C)(C)C)cc(C(C)(C)C)c4)=C3)cc2)C=C1c1cc(C(C)(C)C)cc(C(C)(C)C)c1. The van der Waals surface area contributed by atoms with Gasteiger partial charge in [-0.3, -0.25) is 0 Å². The molecule has 0 aliphatic carbocycles. The third-order valence-electron chi connectivity index (χ3n) is 16.0. The van der Waals surface area contributed by atoms with E-state index in [4.69, 9.17) is 0 Å². The Kier molecular flexibility index (Phi) is 15.1. The highest BCUT2D eigenvalue weighted by molar-refractivity contribution is 5.95. The van der Waals surface area contributed by atoms with Crippen molar-refractivity contribution in [2.24, 2.45) is 0 Å². The summed E-state index contributed by atoms with van der Waals surface area (Å²) in [6, 6.07) is 38.7. The Bertz CT molecular complexity index is 2750. The van der Waals surface area contributed by atoms with Gasteiger partial charge in [-0.1, -0.05) is 215 Å². The summed E-state index contributed by atoms with van der Waals surface area (Å²) in [4.78, 5) is 4.90. The van der Waals surface area contributed by atoms with Crippen LogP contribution in [0.15, 0.2) is 121 Å². The molecule has 0 N–H and O–H groups in total. The molecule has 0 amide bonds. The lowest BCUT2D eigenvalue weighted by Crippen LogP contribution is -2.24. The molecule has 0 saturated heterocycles. The summed E-state index contributed by atoms with van der Waals surface area (Å²) in [5.74, 6) is 0. The smallest absolute Gasteiger partial charge is 0.0488 e. The molecule has 0 bridgehead atoms. The number of hydrogen-bond donors (Lipinski definition) is 0. The van der Waals surface area contributed by atoms with Gasteiger partial charge in [-0.15, -0.1) is 0 Å². The van der Waals surface area contributed by atoms with Crippen molar-refractivity contribution in [3.8, 4) is 0 Å². The van der Waals surface area contributed by atoms with E-state index >= 15 is 0 Å². The highest BCUT2D eigenvalue weighted by Gasteiger charge is 2.30. The molecule has 0 unspecified atom stereocenters. The summed E-state index contributed by atoms with van der Waals surface area (Å²) in [5, 5.41) is 2.39. The first kappa shape index (κ1) is 58.1. The summed E-state index contributed by atoms with van der Waals surface area (Å²) in [6.07, 6.45) is 9.75. The zero-order chi connectivity index (χ0) is 56.8. The molecule has 0 saturated carbocycles. The minimum Gasteiger partial charge on any atom is -0.344 e. The molecule has 0 fully saturated rings. The maximum absolute atomic E-state index is 2.45. The van der Waals surface area contributed by atoms with Gasteiger partial charge in [0.25, 0.3) is 0 Å². The standard InChI is InChI=1S/C74H98N2/c1-67(2,3)55-31-51(32-56(43-55)68(4,5)6)63-39-49(40-64(75(63)25)52-33-57(69(7,8)9)44-58(34-52)70(10,11)12)47-27-29-48(30-28-47)50-41-65(53-35-59(71(13,14)15)45-60(36-53)72(16,17)18)76(26)66(42-50)54-37-61(73(19,20)21)46-62(38-54)74(22,23)24/h27-46H,1-26H3. The second-order valence-electron chi connectivity index (χ2n) is 30.9. The van der Waals surface area contributed by atoms with Gasteiger partial charge in [-0.25, -0.2) is 0 Å². The molecule has 0 atom stereocenters. The van der Waals surface area contributed by atoms with E-state index in [1.807, 2.05) is 0 Å². The summed E-state index contributed by atoms with van der Waals surface area (Å²) in [6.45, 7) is 56.1. The van der Waals surface area contributed by atoms with Gasteiger partial charge in [0, 0.05) is 36.9 Å². The molecule has 2 heteroatoms. The Morgan fingerprint density at radius 2 is 0.368 bits per heavy atom. The predicted octanol–water partition coefficient (Wildman–Crippen LogP) is 18.4. The zero-order valence-corrected chi connectivity index (χ0v) is 52.4. The van der Waals surface area contributed by atoms with E-state index in [9.17, 15) is 0 Å². The van der Waals surface area contributed by atoms with Crippen molar-refractivity contribution in [2.75, 3.05) is 14.1 Å². The van der Waals surface area contributed by atoms with Crippen LogP contribution in [0.3, 0.4) is 0 Å². The molecule has 2 nitrogen and oxygen atoms in total. The third kappa shape index (κ3) is 12.7. The van der Waals surface area contributed by atoms with Crippen molar-refractivity contribution in [3.05, 3.63) is 199 Å². The van der Waals surface area contributed by atoms with Gasteiger partial charge in [0.2, 0.25) is 0 Å². The average molecular weight is 1020 g/mol. The van der Waals surface area contributed by atoms with E-state index in [0.29, 0.717) is 0 Å². The summed E-state index contributed by atoms with van der Waals surface area (Å²) in [7, 11) is 4.54. The van der Waals surface area contributed by atoms with E-state index in [-0.39, 0.29) is 43.3 Å². The fourth-order valence-electron chi connectivity index (χ4n) is 10.2. The second-order valence-corrected chi connectivity index (χ2v) is 30.9. The van der Waals surface area contributed by atoms with Gasteiger partial charge < -0.3 is 9.80 Å². The maximum atomic E-state index is 2.45. The molecular weight excluding hydrogens is 917 g/mol. The largest absolute Gasteiger partial charge is 0.344 e. The van der Waals surface area contributed by atoms with E-state index in [2.05, 4.69) is 311 Å². The van der Waals surface area contributed by atoms with Crippen LogP contribution in [0.5, 0.6) is 0 Å². The molecule has 404 valence electrons. The number of allylic oxidation sites excluding steroid dienone is 4. The second kappa shape index (κ2) is 19.7. The molecule has 5 aromatic rings. The maximum Gasteiger partial charge on any atom is 0.0488 e. The lowest BCUT2D eigenvalue weighted by molar-refractivity contribution is 0.565. The Balaban J connectivity index is 1.56. The first-order chi connectivity index (χ1) is 34.5. The van der Waals surface area contributed by atoms with Crippen molar-refractivity contribution in [1.82, 2.24) is 9.80 Å². The fourth-order valence-corrected chi connectivity index (χ4v) is 10.2. The lowest BCUT2D eigenvalue weighted by atomic mass is 9.78. The van der Waals surface area contributed by atoms with Crippen LogP contribution >= 0.6 is 0 Å². The van der Waals surface area contributed by atoms with Crippen LogP contribution in [0.1, 0.15) is 233 Å². The first-order valence-corrected chi connectivity index (χ1v) is 28.3. The lowest BCUT2D eigenvalue weighted by Gasteiger charge is -2.34. The fraction of sp³-hybridized carbons (Fsp3) is 0.459. The van der Waals surface area contributed by atoms with Crippen LogP contribution in [0, 0.1) is 0 Å². The van der Waals surface area contributed by atoms with Crippen molar-refractivity contribution >= 4 is 33.9 Å². The van der Waals surface area contributed by atoms with Crippen molar-refractivity contribution in [2.45, 2.75) is 209 Å². The van der Waals surface area contributed by atoms with E-state index < -0.39 is 0 Å². The Labute approximate surface area is 463 Å². The van der Waals surface area contributed by atoms with Crippen molar-refractivity contribution in [3.63, 3.8) is 0 Å². The van der Waals surface area contributed by atoms with Crippen molar-refractivity contribution in [1.29, 1.82) is 0 Å². The van der Waals surface area contributed by atoms with E-state index in [0.717, 1.165) is 0 Å². The summed E-state index contributed by atoms with van der Waals surface area (Å²) >= 11 is 0. The topological polar surface area (TPSA) is 6.48 Å². The van der Waals surface area contributed by atoms with Crippen LogP contribution in [0.4, 0.5) is 0 Å². The number of rotatable bonds is 4. The molecule has 0 aromatic heterocycles. The minimum absolute atomic E-state index is 0.0176. The molecular formula is C74H98N2. The predicted molar refractivity (Wildman–Crippen MR) is 335 cm³/mol. The van der Waals surface area contributed by atoms with Crippen LogP contribution in [-0.4, -0.2) is 23.9 Å². The van der Waals surface area contributed by atoms with Gasteiger partial charge in [0.1, 0.15) is 0 Å². The van der Waals surface area contributed by atoms with Crippen LogP contribution in [0.2, 0.25) is 0 Å². The van der Waals surface area contributed by atoms with Crippen LogP contribution in [-0.2, 0) is 43.3 Å². The van der Waals surface area contributed by atoms with Crippen LogP contribution < -0.4 is 10.4 Å². The number of benzene rings is 5. The van der Waals surface area contributed by atoms with Crippen LogP contribution in [0.25, 0.3) is 33.9 Å². The molecule has 0 radical (unpaired) electrons. The Hall–Kier alpha value is -5.60. The van der Waals surface area contributed by atoms with Gasteiger partial charge in [-0.05, 0) is 204 Å². The van der Waals surface area contributed by atoms with Gasteiger partial charge in [0.05, 0.1) is 0 Å². The normalized spacial score (nSPS) is 15.7. The highest BCUT2D eigenvalue weighted by Crippen LogP contribution is 2.43. The third-order valence-corrected chi connectivity index (χ3v) is 16.0. The van der Waals surface area contributed by atoms with Gasteiger partial charge >= 0.3 is 0 Å². The van der Waals surface area contributed by atoms with Gasteiger partial charge in [0.15, 0.2) is 0 Å². The summed E-state index contributed by atoms with van der Waals surface area (Å²) in [5.41, 5.74) is 22.9. The molecule has 76 heavy (non-hydrogen) atoms. The Morgan fingerprint density at radius 3 is 0.500 bits per heavy atom. The van der Waals surface area contributed by atoms with Gasteiger partial charge in [-0.2, -0.15) is 0 Å². The molecule has 5 aromatic carbocycles. The monoisotopic (exact) mass is 1010 g/mol. The zero-order valence-electron chi connectivity index (χ0n) is 52.4. The quantitative estimate of drug-likeness (QED) is 0.177. The van der Waals surface area contributed by atoms with E-state index in [1.54, 1.807) is 0 Å². The number of nitrogens with zero attached hydrogens (tertiary/aromatic N) is 2. The minimum atomic E-state index is -0.0176. The molecule has 2 aliphatic heterocycles. The van der Waals surface area contributed by atoms with E-state index in [1.165, 1.54) is 111 Å². The average Bonchev–Trinajstić information content (AvgIpc) is 3.29. The molecule has 2 aliphatic rings. The summed E-state index contributed by atoms with van der Waals surface area (Å²) < 4.78 is 0.